The molecule has 0 saturated carbocycles. The molecule has 1 fully saturated rings. The van der Waals surface area contributed by atoms with Gasteiger partial charge in [0.25, 0.3) is 0 Å². The molecule has 1 aliphatic rings. The van der Waals surface area contributed by atoms with Crippen molar-refractivity contribution in [2.24, 2.45) is 11.8 Å². The van der Waals surface area contributed by atoms with Gasteiger partial charge in [-0.05, 0) is 42.9 Å². The van der Waals surface area contributed by atoms with Gasteiger partial charge in [-0.15, -0.1) is 0 Å². The zero-order valence-corrected chi connectivity index (χ0v) is 13.6. The molecule has 2 rings (SSSR count). The Balaban J connectivity index is 2.13. The molecule has 1 aromatic rings. The summed E-state index contributed by atoms with van der Waals surface area (Å²) in [5, 5.41) is 3.47. The first kappa shape index (κ1) is 15.3. The van der Waals surface area contributed by atoms with Crippen molar-refractivity contribution in [2.75, 3.05) is 11.4 Å². The number of rotatable bonds is 4. The average molecular weight is 275 g/mol. The van der Waals surface area contributed by atoms with E-state index in [-0.39, 0.29) is 0 Å². The Hall–Kier alpha value is -1.09. The Bertz CT molecular complexity index is 430. The van der Waals surface area contributed by atoms with Crippen molar-refractivity contribution >= 4 is 5.82 Å². The van der Waals surface area contributed by atoms with Gasteiger partial charge in [-0.25, -0.2) is 4.98 Å². The van der Waals surface area contributed by atoms with Crippen molar-refractivity contribution < 1.29 is 0 Å². The fourth-order valence-corrected chi connectivity index (χ4v) is 3.07. The van der Waals surface area contributed by atoms with Gasteiger partial charge in [0.1, 0.15) is 5.82 Å². The number of nitrogens with zero attached hydrogens (tertiary/aromatic N) is 2. The van der Waals surface area contributed by atoms with E-state index < -0.39 is 0 Å². The van der Waals surface area contributed by atoms with E-state index in [1.807, 2.05) is 6.20 Å². The number of hydrogen-bond donors (Lipinski definition) is 1. The summed E-state index contributed by atoms with van der Waals surface area (Å²) in [6, 6.07) is 5.45. The second-order valence-electron chi connectivity index (χ2n) is 6.77. The van der Waals surface area contributed by atoms with Crippen LogP contribution in [0.1, 0.15) is 46.6 Å². The Labute approximate surface area is 123 Å². The summed E-state index contributed by atoms with van der Waals surface area (Å²) < 4.78 is 0. The van der Waals surface area contributed by atoms with Gasteiger partial charge in [0.2, 0.25) is 0 Å². The molecule has 0 bridgehead atoms. The minimum absolute atomic E-state index is 0.514. The largest absolute Gasteiger partial charge is 0.353 e. The molecule has 0 spiro atoms. The molecule has 3 atom stereocenters. The van der Waals surface area contributed by atoms with Crippen LogP contribution < -0.4 is 10.2 Å². The van der Waals surface area contributed by atoms with E-state index in [1.54, 1.807) is 0 Å². The van der Waals surface area contributed by atoms with E-state index in [0.717, 1.165) is 30.7 Å². The molecular formula is C17H29N3. The minimum atomic E-state index is 0.514. The van der Waals surface area contributed by atoms with E-state index >= 15 is 0 Å². The van der Waals surface area contributed by atoms with Crippen LogP contribution >= 0.6 is 0 Å². The fourth-order valence-electron chi connectivity index (χ4n) is 3.07. The molecule has 3 nitrogen and oxygen atoms in total. The third-order valence-electron chi connectivity index (χ3n) is 4.42. The molecule has 0 radical (unpaired) electrons. The third-order valence-corrected chi connectivity index (χ3v) is 4.42. The van der Waals surface area contributed by atoms with Crippen molar-refractivity contribution in [3.05, 3.63) is 23.9 Å². The molecule has 112 valence electrons. The highest BCUT2D eigenvalue weighted by Crippen LogP contribution is 2.30. The maximum absolute atomic E-state index is 4.61. The second-order valence-corrected chi connectivity index (χ2v) is 6.77. The van der Waals surface area contributed by atoms with Crippen molar-refractivity contribution in [3.8, 4) is 0 Å². The molecule has 0 amide bonds. The van der Waals surface area contributed by atoms with Crippen LogP contribution in [0.2, 0.25) is 0 Å². The smallest absolute Gasteiger partial charge is 0.129 e. The third kappa shape index (κ3) is 3.72. The standard InChI is InChI=1S/C17H29N3/c1-12(2)19-10-16-6-7-18-17(9-16)20-11-13(3)8-14(4)15(20)5/h6-7,9,12-15,19H,8,10-11H2,1-5H3. The number of pyridine rings is 1. The van der Waals surface area contributed by atoms with E-state index in [2.05, 4.69) is 62.0 Å². The summed E-state index contributed by atoms with van der Waals surface area (Å²) in [5.74, 6) is 2.62. The van der Waals surface area contributed by atoms with Crippen LogP contribution in [0.15, 0.2) is 18.3 Å². The Morgan fingerprint density at radius 1 is 1.35 bits per heavy atom. The second kappa shape index (κ2) is 6.57. The molecule has 0 aromatic carbocycles. The summed E-state index contributed by atoms with van der Waals surface area (Å²) in [5.41, 5.74) is 1.32. The highest BCUT2D eigenvalue weighted by Gasteiger charge is 2.29. The number of anilines is 1. The first-order valence-corrected chi connectivity index (χ1v) is 7.92. The van der Waals surface area contributed by atoms with Gasteiger partial charge in [-0.1, -0.05) is 27.7 Å². The zero-order valence-electron chi connectivity index (χ0n) is 13.6. The van der Waals surface area contributed by atoms with Crippen molar-refractivity contribution in [1.82, 2.24) is 10.3 Å². The molecule has 2 heterocycles. The molecule has 0 aliphatic carbocycles. The number of hydrogen-bond acceptors (Lipinski definition) is 3. The quantitative estimate of drug-likeness (QED) is 0.912. The Morgan fingerprint density at radius 3 is 2.80 bits per heavy atom. The lowest BCUT2D eigenvalue weighted by atomic mass is 9.86. The molecule has 1 N–H and O–H groups in total. The zero-order chi connectivity index (χ0) is 14.7. The fraction of sp³-hybridized carbons (Fsp3) is 0.706. The predicted octanol–water partition coefficient (Wildman–Crippen LogP) is 3.45. The maximum Gasteiger partial charge on any atom is 0.129 e. The molecule has 3 heteroatoms. The molecule has 1 saturated heterocycles. The van der Waals surface area contributed by atoms with Gasteiger partial charge >= 0.3 is 0 Å². The normalized spacial score (nSPS) is 27.1. The highest BCUT2D eigenvalue weighted by atomic mass is 15.2. The van der Waals surface area contributed by atoms with Gasteiger partial charge in [0.05, 0.1) is 0 Å². The summed E-state index contributed by atoms with van der Waals surface area (Å²) in [7, 11) is 0. The highest BCUT2D eigenvalue weighted by molar-refractivity contribution is 5.43. The lowest BCUT2D eigenvalue weighted by molar-refractivity contribution is 0.295. The van der Waals surface area contributed by atoms with E-state index in [1.165, 1.54) is 12.0 Å². The molecular weight excluding hydrogens is 246 g/mol. The maximum atomic E-state index is 4.61. The van der Waals surface area contributed by atoms with Crippen LogP contribution in [-0.2, 0) is 6.54 Å². The van der Waals surface area contributed by atoms with Gasteiger partial charge in [0.15, 0.2) is 0 Å². The van der Waals surface area contributed by atoms with Crippen molar-refractivity contribution in [2.45, 2.75) is 59.7 Å². The van der Waals surface area contributed by atoms with Crippen molar-refractivity contribution in [1.29, 1.82) is 0 Å². The summed E-state index contributed by atoms with van der Waals surface area (Å²) >= 11 is 0. The summed E-state index contributed by atoms with van der Waals surface area (Å²) in [6.45, 7) is 13.4. The van der Waals surface area contributed by atoms with Crippen molar-refractivity contribution in [3.63, 3.8) is 0 Å². The molecule has 1 aromatic heterocycles. The van der Waals surface area contributed by atoms with Crippen LogP contribution in [0, 0.1) is 11.8 Å². The lowest BCUT2D eigenvalue weighted by Gasteiger charge is -2.42. The first-order valence-electron chi connectivity index (χ1n) is 7.92. The summed E-state index contributed by atoms with van der Waals surface area (Å²) in [6.07, 6.45) is 3.27. The van der Waals surface area contributed by atoms with E-state index in [9.17, 15) is 0 Å². The Morgan fingerprint density at radius 2 is 2.10 bits per heavy atom. The van der Waals surface area contributed by atoms with Crippen LogP contribution in [0.25, 0.3) is 0 Å². The van der Waals surface area contributed by atoms with Gasteiger partial charge in [0, 0.05) is 31.4 Å². The first-order chi connectivity index (χ1) is 9.47. The number of aromatic nitrogens is 1. The van der Waals surface area contributed by atoms with Crippen LogP contribution in [0.4, 0.5) is 5.82 Å². The van der Waals surface area contributed by atoms with Gasteiger partial charge < -0.3 is 10.2 Å². The average Bonchev–Trinajstić information content (AvgIpc) is 2.41. The molecule has 3 unspecified atom stereocenters. The minimum Gasteiger partial charge on any atom is -0.353 e. The van der Waals surface area contributed by atoms with Crippen LogP contribution in [-0.4, -0.2) is 23.6 Å². The van der Waals surface area contributed by atoms with E-state index in [0.29, 0.717) is 12.1 Å². The van der Waals surface area contributed by atoms with Crippen LogP contribution in [0.3, 0.4) is 0 Å². The lowest BCUT2D eigenvalue weighted by Crippen LogP contribution is -2.46. The van der Waals surface area contributed by atoms with Crippen LogP contribution in [0.5, 0.6) is 0 Å². The number of piperidine rings is 1. The number of nitrogens with one attached hydrogen (secondary N) is 1. The summed E-state index contributed by atoms with van der Waals surface area (Å²) in [4.78, 5) is 7.09. The van der Waals surface area contributed by atoms with Gasteiger partial charge in [-0.3, -0.25) is 0 Å². The monoisotopic (exact) mass is 275 g/mol. The molecule has 20 heavy (non-hydrogen) atoms. The topological polar surface area (TPSA) is 28.2 Å². The van der Waals surface area contributed by atoms with Gasteiger partial charge in [-0.2, -0.15) is 0 Å². The SMILES string of the molecule is CC1CC(C)C(C)N(c2cc(CNC(C)C)ccn2)C1. The van der Waals surface area contributed by atoms with E-state index in [4.69, 9.17) is 0 Å². The predicted molar refractivity (Wildman–Crippen MR) is 86.0 cm³/mol. The Kier molecular flexibility index (Phi) is 5.03. The molecule has 1 aliphatic heterocycles.